The van der Waals surface area contributed by atoms with Gasteiger partial charge in [0.1, 0.15) is 0 Å². The average molecular weight is 275 g/mol. The van der Waals surface area contributed by atoms with E-state index in [4.69, 9.17) is 9.47 Å². The van der Waals surface area contributed by atoms with Gasteiger partial charge in [-0.1, -0.05) is 19.9 Å². The fourth-order valence-corrected chi connectivity index (χ4v) is 3.50. The van der Waals surface area contributed by atoms with Crippen molar-refractivity contribution in [1.82, 2.24) is 5.32 Å². The van der Waals surface area contributed by atoms with Crippen LogP contribution in [0.1, 0.15) is 45.1 Å². The first-order chi connectivity index (χ1) is 9.70. The predicted molar refractivity (Wildman–Crippen MR) is 80.4 cm³/mol. The van der Waals surface area contributed by atoms with E-state index in [1.165, 1.54) is 24.8 Å². The molecule has 0 aromatic heterocycles. The molecule has 2 aliphatic heterocycles. The summed E-state index contributed by atoms with van der Waals surface area (Å²) in [4.78, 5) is 0. The van der Waals surface area contributed by atoms with E-state index in [1.54, 1.807) is 0 Å². The normalized spacial score (nSPS) is 25.8. The molecule has 0 bridgehead atoms. The van der Waals surface area contributed by atoms with Crippen LogP contribution in [0.3, 0.4) is 0 Å². The van der Waals surface area contributed by atoms with E-state index in [2.05, 4.69) is 37.4 Å². The maximum Gasteiger partial charge on any atom is 0.161 e. The van der Waals surface area contributed by atoms with Gasteiger partial charge in [-0.2, -0.15) is 0 Å². The monoisotopic (exact) mass is 275 g/mol. The van der Waals surface area contributed by atoms with Crippen LogP contribution in [0.4, 0.5) is 0 Å². The van der Waals surface area contributed by atoms with Crippen molar-refractivity contribution in [1.29, 1.82) is 0 Å². The Kier molecular flexibility index (Phi) is 3.88. The van der Waals surface area contributed by atoms with Crippen molar-refractivity contribution < 1.29 is 9.47 Å². The maximum absolute atomic E-state index is 5.85. The Labute approximate surface area is 121 Å². The zero-order chi connectivity index (χ0) is 14.0. The van der Waals surface area contributed by atoms with E-state index in [-0.39, 0.29) is 5.54 Å². The van der Waals surface area contributed by atoms with Crippen molar-refractivity contribution in [2.45, 2.75) is 45.1 Å². The van der Waals surface area contributed by atoms with E-state index in [0.717, 1.165) is 37.7 Å². The van der Waals surface area contributed by atoms with Crippen molar-refractivity contribution >= 4 is 0 Å². The first-order valence-corrected chi connectivity index (χ1v) is 7.85. The van der Waals surface area contributed by atoms with E-state index in [0.29, 0.717) is 5.92 Å². The summed E-state index contributed by atoms with van der Waals surface area (Å²) in [5.74, 6) is 2.48. The van der Waals surface area contributed by atoms with E-state index in [9.17, 15) is 0 Å². The van der Waals surface area contributed by atoms with E-state index in [1.807, 2.05) is 0 Å². The molecule has 1 aromatic carbocycles. The van der Waals surface area contributed by atoms with Crippen LogP contribution in [-0.4, -0.2) is 19.8 Å². The zero-order valence-corrected chi connectivity index (χ0v) is 12.6. The molecular weight excluding hydrogens is 250 g/mol. The Morgan fingerprint density at radius 3 is 2.65 bits per heavy atom. The third kappa shape index (κ3) is 2.64. The van der Waals surface area contributed by atoms with Crippen molar-refractivity contribution in [3.63, 3.8) is 0 Å². The minimum absolute atomic E-state index is 0.124. The van der Waals surface area contributed by atoms with Gasteiger partial charge in [0.15, 0.2) is 11.5 Å². The van der Waals surface area contributed by atoms with Gasteiger partial charge in [0.25, 0.3) is 0 Å². The highest BCUT2D eigenvalue weighted by Gasteiger charge is 2.36. The quantitative estimate of drug-likeness (QED) is 0.916. The van der Waals surface area contributed by atoms with Crippen LogP contribution in [-0.2, 0) is 5.54 Å². The lowest BCUT2D eigenvalue weighted by molar-refractivity contribution is 0.295. The molecule has 110 valence electrons. The van der Waals surface area contributed by atoms with Crippen molar-refractivity contribution in [2.24, 2.45) is 5.92 Å². The summed E-state index contributed by atoms with van der Waals surface area (Å²) >= 11 is 0. The Hall–Kier alpha value is -1.22. The third-order valence-electron chi connectivity index (χ3n) is 4.30. The first kappa shape index (κ1) is 13.7. The number of fused-ring (bicyclic) bond motifs is 1. The molecule has 0 saturated carbocycles. The summed E-state index contributed by atoms with van der Waals surface area (Å²) in [6, 6.07) is 6.49. The first-order valence-electron chi connectivity index (χ1n) is 7.85. The van der Waals surface area contributed by atoms with Crippen LogP contribution >= 0.6 is 0 Å². The molecule has 20 heavy (non-hydrogen) atoms. The molecule has 2 aliphatic rings. The zero-order valence-electron chi connectivity index (χ0n) is 12.6. The molecular formula is C17H25NO2. The molecule has 0 spiro atoms. The summed E-state index contributed by atoms with van der Waals surface area (Å²) in [5.41, 5.74) is 1.48. The van der Waals surface area contributed by atoms with Gasteiger partial charge < -0.3 is 14.8 Å². The number of hydrogen-bond acceptors (Lipinski definition) is 3. The minimum atomic E-state index is 0.124. The van der Waals surface area contributed by atoms with Crippen molar-refractivity contribution in [2.75, 3.05) is 19.8 Å². The second kappa shape index (κ2) is 5.65. The lowest BCUT2D eigenvalue weighted by Gasteiger charge is -2.32. The topological polar surface area (TPSA) is 30.5 Å². The second-order valence-electron chi connectivity index (χ2n) is 6.42. The fraction of sp³-hybridized carbons (Fsp3) is 0.647. The molecule has 1 aromatic rings. The maximum atomic E-state index is 5.85. The SMILES string of the molecule is CC(C)CC1(c2ccc3c(c2)OCCCO3)CCCN1. The van der Waals surface area contributed by atoms with Gasteiger partial charge in [-0.05, 0) is 49.4 Å². The summed E-state index contributed by atoms with van der Waals surface area (Å²) in [6.45, 7) is 7.21. The molecule has 3 nitrogen and oxygen atoms in total. The molecule has 1 N–H and O–H groups in total. The Bertz CT molecular complexity index is 464. The summed E-state index contributed by atoms with van der Waals surface area (Å²) < 4.78 is 11.6. The molecule has 0 radical (unpaired) electrons. The number of hydrogen-bond donors (Lipinski definition) is 1. The Morgan fingerprint density at radius 2 is 1.95 bits per heavy atom. The average Bonchev–Trinajstić information content (AvgIpc) is 2.76. The molecule has 0 amide bonds. The van der Waals surface area contributed by atoms with Gasteiger partial charge in [-0.3, -0.25) is 0 Å². The summed E-state index contributed by atoms with van der Waals surface area (Å²) in [7, 11) is 0. The number of nitrogens with one attached hydrogen (secondary N) is 1. The number of rotatable bonds is 3. The van der Waals surface area contributed by atoms with Crippen LogP contribution in [0, 0.1) is 5.92 Å². The van der Waals surface area contributed by atoms with Gasteiger partial charge in [0.05, 0.1) is 13.2 Å². The van der Waals surface area contributed by atoms with Crippen LogP contribution in [0.15, 0.2) is 18.2 Å². The summed E-state index contributed by atoms with van der Waals surface area (Å²) in [6.07, 6.45) is 4.60. The Balaban J connectivity index is 1.93. The smallest absolute Gasteiger partial charge is 0.161 e. The third-order valence-corrected chi connectivity index (χ3v) is 4.30. The molecule has 0 aliphatic carbocycles. The number of benzene rings is 1. The molecule has 3 rings (SSSR count). The minimum Gasteiger partial charge on any atom is -0.490 e. The molecule has 3 heteroatoms. The largest absolute Gasteiger partial charge is 0.490 e. The predicted octanol–water partition coefficient (Wildman–Crippen LogP) is 3.47. The van der Waals surface area contributed by atoms with Crippen LogP contribution in [0.2, 0.25) is 0 Å². The second-order valence-corrected chi connectivity index (χ2v) is 6.42. The molecule has 1 fully saturated rings. The lowest BCUT2D eigenvalue weighted by Crippen LogP contribution is -2.38. The summed E-state index contributed by atoms with van der Waals surface area (Å²) in [5, 5.41) is 3.74. The highest BCUT2D eigenvalue weighted by molar-refractivity contribution is 5.45. The lowest BCUT2D eigenvalue weighted by atomic mass is 9.81. The van der Waals surface area contributed by atoms with Gasteiger partial charge in [0.2, 0.25) is 0 Å². The highest BCUT2D eigenvalue weighted by atomic mass is 16.5. The van der Waals surface area contributed by atoms with Crippen molar-refractivity contribution in [3.8, 4) is 11.5 Å². The van der Waals surface area contributed by atoms with E-state index >= 15 is 0 Å². The van der Waals surface area contributed by atoms with Gasteiger partial charge >= 0.3 is 0 Å². The van der Waals surface area contributed by atoms with Gasteiger partial charge in [-0.25, -0.2) is 0 Å². The molecule has 1 unspecified atom stereocenters. The fourth-order valence-electron chi connectivity index (χ4n) is 3.50. The highest BCUT2D eigenvalue weighted by Crippen LogP contribution is 2.40. The van der Waals surface area contributed by atoms with Crippen LogP contribution < -0.4 is 14.8 Å². The Morgan fingerprint density at radius 1 is 1.15 bits per heavy atom. The molecule has 1 saturated heterocycles. The van der Waals surface area contributed by atoms with Gasteiger partial charge in [0, 0.05) is 12.0 Å². The molecule has 2 heterocycles. The van der Waals surface area contributed by atoms with Gasteiger partial charge in [-0.15, -0.1) is 0 Å². The van der Waals surface area contributed by atoms with Crippen LogP contribution in [0.25, 0.3) is 0 Å². The standard InChI is InChI=1S/C17H25NO2/c1-13(2)12-17(7-3-8-18-17)14-5-6-15-16(11-14)20-10-4-9-19-15/h5-6,11,13,18H,3-4,7-10,12H2,1-2H3. The van der Waals surface area contributed by atoms with Crippen molar-refractivity contribution in [3.05, 3.63) is 23.8 Å². The van der Waals surface area contributed by atoms with Crippen LogP contribution in [0.5, 0.6) is 11.5 Å². The van der Waals surface area contributed by atoms with E-state index < -0.39 is 0 Å². The molecule has 1 atom stereocenters. The number of ether oxygens (including phenoxy) is 2.